The van der Waals surface area contributed by atoms with Crippen LogP contribution < -0.4 is 9.47 Å². The van der Waals surface area contributed by atoms with E-state index in [4.69, 9.17) is 28.4 Å². The molecule has 0 aromatic heterocycles. The maximum absolute atomic E-state index is 5.70. The summed E-state index contributed by atoms with van der Waals surface area (Å²) in [7, 11) is 0. The molecule has 0 aliphatic heterocycles. The van der Waals surface area contributed by atoms with Crippen molar-refractivity contribution in [1.29, 1.82) is 0 Å². The van der Waals surface area contributed by atoms with E-state index in [0.717, 1.165) is 29.4 Å². The molecule has 0 fully saturated rings. The molecule has 0 radical (unpaired) electrons. The maximum atomic E-state index is 5.70. The van der Waals surface area contributed by atoms with Crippen LogP contribution in [0.4, 0.5) is 0 Å². The van der Waals surface area contributed by atoms with Gasteiger partial charge in [-0.25, -0.2) is 0 Å². The minimum atomic E-state index is 0.468. The molecule has 2 aromatic rings. The van der Waals surface area contributed by atoms with Gasteiger partial charge >= 0.3 is 0 Å². The molecule has 0 aliphatic carbocycles. The van der Waals surface area contributed by atoms with Gasteiger partial charge in [-0.05, 0) is 88.0 Å². The summed E-state index contributed by atoms with van der Waals surface area (Å²) in [4.78, 5) is 0. The summed E-state index contributed by atoms with van der Waals surface area (Å²) in [5, 5.41) is 0. The van der Waals surface area contributed by atoms with Gasteiger partial charge in [0.25, 0.3) is 0 Å². The highest BCUT2D eigenvalue weighted by Gasteiger charge is 2.06. The molecule has 32 heavy (non-hydrogen) atoms. The van der Waals surface area contributed by atoms with Gasteiger partial charge < -0.3 is 28.4 Å². The molecule has 0 aliphatic rings. The molecule has 0 atom stereocenters. The van der Waals surface area contributed by atoms with Gasteiger partial charge in [0.05, 0.1) is 70.7 Å². The second-order valence-corrected chi connectivity index (χ2v) is 9.67. The minimum Gasteiger partial charge on any atom is -0.489 e. The smallest absolute Gasteiger partial charge is 0.147 e. The van der Waals surface area contributed by atoms with E-state index in [0.29, 0.717) is 66.1 Å². The van der Waals surface area contributed by atoms with Gasteiger partial charge in [0.1, 0.15) is 24.7 Å². The van der Waals surface area contributed by atoms with Crippen molar-refractivity contribution in [1.82, 2.24) is 0 Å². The molecule has 6 nitrogen and oxygen atoms in total. The van der Waals surface area contributed by atoms with E-state index in [2.05, 4.69) is 63.7 Å². The lowest BCUT2D eigenvalue weighted by Crippen LogP contribution is -2.14. The number of halogens is 4. The van der Waals surface area contributed by atoms with E-state index in [-0.39, 0.29) is 0 Å². The van der Waals surface area contributed by atoms with Crippen molar-refractivity contribution >= 4 is 63.7 Å². The molecule has 2 aromatic carbocycles. The van der Waals surface area contributed by atoms with Crippen LogP contribution in [0.3, 0.4) is 0 Å². The fourth-order valence-corrected chi connectivity index (χ4v) is 4.86. The second-order valence-electron chi connectivity index (χ2n) is 6.25. The van der Waals surface area contributed by atoms with Crippen molar-refractivity contribution in [3.63, 3.8) is 0 Å². The Kier molecular flexibility index (Phi) is 15.1. The predicted molar refractivity (Wildman–Crippen MR) is 138 cm³/mol. The van der Waals surface area contributed by atoms with Crippen LogP contribution in [0.15, 0.2) is 54.3 Å². The number of ether oxygens (including phenoxy) is 6. The molecule has 2 rings (SSSR count). The Morgan fingerprint density at radius 3 is 0.938 bits per heavy atom. The highest BCUT2D eigenvalue weighted by atomic mass is 79.9. The molecule has 0 bridgehead atoms. The zero-order chi connectivity index (χ0) is 23.0. The Balaban J connectivity index is 1.33. The van der Waals surface area contributed by atoms with Crippen molar-refractivity contribution in [2.45, 2.75) is 0 Å². The average Bonchev–Trinajstić information content (AvgIpc) is 2.77. The van der Waals surface area contributed by atoms with Crippen LogP contribution in [0.25, 0.3) is 0 Å². The van der Waals surface area contributed by atoms with E-state index >= 15 is 0 Å². The zero-order valence-electron chi connectivity index (χ0n) is 17.5. The lowest BCUT2D eigenvalue weighted by atomic mass is 10.3. The Hall–Kier alpha value is -0.200. The first-order valence-corrected chi connectivity index (χ1v) is 13.2. The first-order chi connectivity index (χ1) is 15.6. The monoisotopic (exact) mass is 702 g/mol. The van der Waals surface area contributed by atoms with Crippen LogP contribution in [0.1, 0.15) is 0 Å². The van der Waals surface area contributed by atoms with Crippen molar-refractivity contribution in [2.75, 3.05) is 66.1 Å². The molecule has 0 N–H and O–H groups in total. The summed E-state index contributed by atoms with van der Waals surface area (Å²) in [6.45, 7) is 5.01. The summed E-state index contributed by atoms with van der Waals surface area (Å²) < 4.78 is 37.0. The minimum absolute atomic E-state index is 0.468. The van der Waals surface area contributed by atoms with E-state index in [1.54, 1.807) is 0 Å². The normalized spacial score (nSPS) is 11.0. The van der Waals surface area contributed by atoms with E-state index in [9.17, 15) is 0 Å². The number of para-hydroxylation sites is 2. The Morgan fingerprint density at radius 1 is 0.406 bits per heavy atom. The first kappa shape index (κ1) is 28.0. The zero-order valence-corrected chi connectivity index (χ0v) is 23.8. The lowest BCUT2D eigenvalue weighted by molar-refractivity contribution is -0.00706. The molecule has 0 saturated heterocycles. The number of hydrogen-bond donors (Lipinski definition) is 0. The summed E-state index contributed by atoms with van der Waals surface area (Å²) in [5.74, 6) is 1.55. The lowest BCUT2D eigenvalue weighted by Gasteiger charge is -2.11. The average molecular weight is 706 g/mol. The van der Waals surface area contributed by atoms with Crippen molar-refractivity contribution < 1.29 is 28.4 Å². The molecular weight excluding hydrogens is 680 g/mol. The van der Waals surface area contributed by atoms with Crippen LogP contribution >= 0.6 is 63.7 Å². The van der Waals surface area contributed by atoms with Gasteiger partial charge in [-0.15, -0.1) is 0 Å². The summed E-state index contributed by atoms with van der Waals surface area (Å²) >= 11 is 13.8. The van der Waals surface area contributed by atoms with Crippen LogP contribution in [0.5, 0.6) is 11.5 Å². The fraction of sp³-hybridized carbons (Fsp3) is 0.455. The third-order valence-electron chi connectivity index (χ3n) is 3.90. The number of rotatable bonds is 17. The van der Waals surface area contributed by atoms with Crippen molar-refractivity contribution in [2.24, 2.45) is 0 Å². The third kappa shape index (κ3) is 11.3. The molecular formula is C22H26Br4O6. The highest BCUT2D eigenvalue weighted by Crippen LogP contribution is 2.33. The van der Waals surface area contributed by atoms with Gasteiger partial charge in [0, 0.05) is 0 Å². The van der Waals surface area contributed by atoms with Gasteiger partial charge in [0.2, 0.25) is 0 Å². The van der Waals surface area contributed by atoms with E-state index in [1.165, 1.54) is 0 Å². The largest absolute Gasteiger partial charge is 0.489 e. The molecule has 0 spiro atoms. The third-order valence-corrected chi connectivity index (χ3v) is 6.40. The van der Waals surface area contributed by atoms with Crippen LogP contribution in [-0.2, 0) is 18.9 Å². The summed E-state index contributed by atoms with van der Waals surface area (Å²) in [6, 6.07) is 11.6. The van der Waals surface area contributed by atoms with Crippen LogP contribution in [0, 0.1) is 0 Å². The standard InChI is InChI=1S/C22H26Br4O6/c23-17-3-1-4-18(24)21(17)31-15-13-29-11-9-27-7-8-28-10-12-30-14-16-32-22-19(25)5-2-6-20(22)26/h1-6H,7-16H2. The summed E-state index contributed by atoms with van der Waals surface area (Å²) in [6.07, 6.45) is 0. The fourth-order valence-electron chi connectivity index (χ4n) is 2.41. The topological polar surface area (TPSA) is 55.4 Å². The first-order valence-electron chi connectivity index (χ1n) is 10.0. The Labute approximate surface area is 222 Å². The SMILES string of the molecule is Brc1cccc(Br)c1OCCOCCOCCOCCOCCOc1c(Br)cccc1Br. The van der Waals surface area contributed by atoms with Gasteiger partial charge in [-0.2, -0.15) is 0 Å². The summed E-state index contributed by atoms with van der Waals surface area (Å²) in [5.41, 5.74) is 0. The van der Waals surface area contributed by atoms with Gasteiger partial charge in [-0.1, -0.05) is 12.1 Å². The quantitative estimate of drug-likeness (QED) is 0.181. The van der Waals surface area contributed by atoms with Crippen molar-refractivity contribution in [3.8, 4) is 11.5 Å². The number of benzene rings is 2. The molecule has 0 heterocycles. The van der Waals surface area contributed by atoms with E-state index < -0.39 is 0 Å². The molecule has 0 amide bonds. The predicted octanol–water partition coefficient (Wildman–Crippen LogP) is 6.26. The van der Waals surface area contributed by atoms with E-state index in [1.807, 2.05) is 36.4 Å². The van der Waals surface area contributed by atoms with Crippen LogP contribution in [-0.4, -0.2) is 66.1 Å². The second kappa shape index (κ2) is 17.3. The Morgan fingerprint density at radius 2 is 0.656 bits per heavy atom. The van der Waals surface area contributed by atoms with Crippen molar-refractivity contribution in [3.05, 3.63) is 54.3 Å². The maximum Gasteiger partial charge on any atom is 0.147 e. The molecule has 0 unspecified atom stereocenters. The Bertz CT molecular complexity index is 687. The highest BCUT2D eigenvalue weighted by molar-refractivity contribution is 9.11. The van der Waals surface area contributed by atoms with Gasteiger partial charge in [-0.3, -0.25) is 0 Å². The number of hydrogen-bond acceptors (Lipinski definition) is 6. The molecule has 10 heteroatoms. The van der Waals surface area contributed by atoms with Gasteiger partial charge in [0.15, 0.2) is 0 Å². The van der Waals surface area contributed by atoms with Crippen LogP contribution in [0.2, 0.25) is 0 Å². The molecule has 0 saturated carbocycles. The molecule has 178 valence electrons.